The summed E-state index contributed by atoms with van der Waals surface area (Å²) in [5.74, 6) is 0.204. The second kappa shape index (κ2) is 11.0. The van der Waals surface area contributed by atoms with E-state index in [9.17, 15) is 9.59 Å². The lowest BCUT2D eigenvalue weighted by atomic mass is 10.3. The van der Waals surface area contributed by atoms with Gasteiger partial charge in [0.1, 0.15) is 11.5 Å². The zero-order valence-electron chi connectivity index (χ0n) is 18.0. The Morgan fingerprint density at radius 3 is 2.64 bits per heavy atom. The summed E-state index contributed by atoms with van der Waals surface area (Å²) in [6, 6.07) is 1.84. The Balaban J connectivity index is 1.27. The number of halogens is 1. The molecular weight excluding hydrogens is 484 g/mol. The van der Waals surface area contributed by atoms with Gasteiger partial charge in [-0.25, -0.2) is 15.0 Å². The molecule has 1 N–H and O–H groups in total. The lowest BCUT2D eigenvalue weighted by Gasteiger charge is -2.35. The first-order valence-corrected chi connectivity index (χ1v) is 12.6. The highest BCUT2D eigenvalue weighted by Crippen LogP contribution is 2.31. The number of amides is 1. The highest BCUT2D eigenvalue weighted by molar-refractivity contribution is 7.16. The number of anilines is 2. The fourth-order valence-electron chi connectivity index (χ4n) is 3.34. The zero-order chi connectivity index (χ0) is 23.2. The van der Waals surface area contributed by atoms with E-state index in [-0.39, 0.29) is 17.6 Å². The van der Waals surface area contributed by atoms with Gasteiger partial charge in [0.15, 0.2) is 5.13 Å². The molecule has 0 radical (unpaired) electrons. The molecule has 9 nitrogen and oxygen atoms in total. The van der Waals surface area contributed by atoms with Gasteiger partial charge in [-0.1, -0.05) is 11.6 Å². The fraction of sp³-hybridized carbons (Fsp3) is 0.381. The Labute approximate surface area is 204 Å². The number of hydrogen-bond donors (Lipinski definition) is 1. The molecule has 1 fully saturated rings. The van der Waals surface area contributed by atoms with E-state index < -0.39 is 0 Å². The molecule has 4 rings (SSSR count). The predicted octanol–water partition coefficient (Wildman–Crippen LogP) is 3.64. The molecule has 3 aromatic rings. The van der Waals surface area contributed by atoms with Crippen molar-refractivity contribution in [1.29, 1.82) is 0 Å². The summed E-state index contributed by atoms with van der Waals surface area (Å²) in [6.07, 6.45) is 3.49. The summed E-state index contributed by atoms with van der Waals surface area (Å²) < 4.78 is 4.98. The van der Waals surface area contributed by atoms with Gasteiger partial charge in [-0.2, -0.15) is 0 Å². The van der Waals surface area contributed by atoms with E-state index in [2.05, 4.69) is 30.1 Å². The van der Waals surface area contributed by atoms with Crippen LogP contribution in [0.4, 0.5) is 10.9 Å². The molecule has 0 aromatic carbocycles. The number of carbonyl (C=O) groups excluding carboxylic acids is 2. The molecular formula is C21H23ClN6O3S2. The van der Waals surface area contributed by atoms with Crippen LogP contribution in [-0.4, -0.2) is 71.1 Å². The van der Waals surface area contributed by atoms with E-state index in [0.717, 1.165) is 42.6 Å². The number of piperazine rings is 1. The van der Waals surface area contributed by atoms with E-state index in [1.165, 1.54) is 28.9 Å². The largest absolute Gasteiger partial charge is 0.466 e. The number of ether oxygens (including phenoxy) is 1. The van der Waals surface area contributed by atoms with Gasteiger partial charge in [0, 0.05) is 43.5 Å². The highest BCUT2D eigenvalue weighted by atomic mass is 35.5. The average Bonchev–Trinajstić information content (AvgIpc) is 3.47. The molecule has 1 saturated heterocycles. The van der Waals surface area contributed by atoms with Crippen molar-refractivity contribution >= 4 is 57.1 Å². The maximum Gasteiger partial charge on any atom is 0.307 e. The number of carbonyl (C=O) groups is 2. The summed E-state index contributed by atoms with van der Waals surface area (Å²) in [5.41, 5.74) is 0.998. The van der Waals surface area contributed by atoms with Crippen LogP contribution in [0.1, 0.15) is 23.8 Å². The molecule has 1 aliphatic rings. The number of esters is 1. The number of aromatic nitrogens is 3. The van der Waals surface area contributed by atoms with Crippen molar-refractivity contribution in [3.05, 3.63) is 39.9 Å². The van der Waals surface area contributed by atoms with E-state index in [0.29, 0.717) is 29.7 Å². The van der Waals surface area contributed by atoms with Crippen molar-refractivity contribution in [2.24, 2.45) is 0 Å². The minimum absolute atomic E-state index is 0.162. The third-order valence-electron chi connectivity index (χ3n) is 5.05. The first kappa shape index (κ1) is 23.6. The Kier molecular flexibility index (Phi) is 7.86. The van der Waals surface area contributed by atoms with Crippen LogP contribution in [0, 0.1) is 0 Å². The maximum atomic E-state index is 12.5. The maximum absolute atomic E-state index is 12.5. The molecule has 12 heteroatoms. The van der Waals surface area contributed by atoms with Gasteiger partial charge in [-0.3, -0.25) is 19.8 Å². The Morgan fingerprint density at radius 2 is 1.97 bits per heavy atom. The number of nitrogens with one attached hydrogen (secondary N) is 1. The molecule has 0 saturated carbocycles. The van der Waals surface area contributed by atoms with Crippen LogP contribution in [0.5, 0.6) is 0 Å². The van der Waals surface area contributed by atoms with Gasteiger partial charge in [0.25, 0.3) is 5.91 Å². The van der Waals surface area contributed by atoms with E-state index >= 15 is 0 Å². The van der Waals surface area contributed by atoms with Crippen molar-refractivity contribution in [3.63, 3.8) is 0 Å². The lowest BCUT2D eigenvalue weighted by Crippen LogP contribution is -2.47. The zero-order valence-corrected chi connectivity index (χ0v) is 20.4. The predicted molar refractivity (Wildman–Crippen MR) is 130 cm³/mol. The summed E-state index contributed by atoms with van der Waals surface area (Å²) in [6.45, 7) is 6.11. The van der Waals surface area contributed by atoms with Crippen molar-refractivity contribution in [2.45, 2.75) is 13.3 Å². The van der Waals surface area contributed by atoms with Crippen LogP contribution < -0.4 is 10.2 Å². The third-order valence-corrected chi connectivity index (χ3v) is 7.11. The summed E-state index contributed by atoms with van der Waals surface area (Å²) in [5, 5.41) is 7.65. The van der Waals surface area contributed by atoms with Crippen LogP contribution in [-0.2, 0) is 9.53 Å². The third kappa shape index (κ3) is 6.26. The summed E-state index contributed by atoms with van der Waals surface area (Å²) in [4.78, 5) is 42.5. The molecule has 3 aromatic heterocycles. The van der Waals surface area contributed by atoms with Crippen molar-refractivity contribution in [3.8, 4) is 10.6 Å². The Bertz CT molecular complexity index is 1100. The van der Waals surface area contributed by atoms with E-state index in [1.807, 2.05) is 23.8 Å². The normalized spacial score (nSPS) is 14.3. The van der Waals surface area contributed by atoms with Crippen molar-refractivity contribution in [2.75, 3.05) is 49.5 Å². The monoisotopic (exact) mass is 506 g/mol. The van der Waals surface area contributed by atoms with Crippen LogP contribution in [0.3, 0.4) is 0 Å². The molecule has 0 bridgehead atoms. The van der Waals surface area contributed by atoms with Gasteiger partial charge in [-0.05, 0) is 13.0 Å². The number of nitrogens with zero attached hydrogens (tertiary/aromatic N) is 5. The van der Waals surface area contributed by atoms with Gasteiger partial charge >= 0.3 is 5.97 Å². The first-order valence-electron chi connectivity index (χ1n) is 10.5. The number of hydrogen-bond acceptors (Lipinski definition) is 10. The minimum Gasteiger partial charge on any atom is -0.466 e. The molecule has 174 valence electrons. The molecule has 0 aliphatic carbocycles. The van der Waals surface area contributed by atoms with Crippen molar-refractivity contribution in [1.82, 2.24) is 19.9 Å². The van der Waals surface area contributed by atoms with E-state index in [1.54, 1.807) is 6.20 Å². The molecule has 0 spiro atoms. The summed E-state index contributed by atoms with van der Waals surface area (Å²) >= 11 is 8.81. The quantitative estimate of drug-likeness (QED) is 0.462. The smallest absolute Gasteiger partial charge is 0.307 e. The number of rotatable bonds is 8. The first-order chi connectivity index (χ1) is 16.0. The molecule has 33 heavy (non-hydrogen) atoms. The van der Waals surface area contributed by atoms with Crippen molar-refractivity contribution < 1.29 is 14.3 Å². The van der Waals surface area contributed by atoms with Gasteiger partial charge in [0.2, 0.25) is 0 Å². The molecule has 0 unspecified atom stereocenters. The molecule has 0 atom stereocenters. The fourth-order valence-corrected chi connectivity index (χ4v) is 5.15. The van der Waals surface area contributed by atoms with Gasteiger partial charge in [0.05, 0.1) is 41.0 Å². The minimum atomic E-state index is -0.358. The molecule has 4 heterocycles. The highest BCUT2D eigenvalue weighted by Gasteiger charge is 2.20. The number of thiophene rings is 1. The second-order valence-electron chi connectivity index (χ2n) is 7.26. The second-order valence-corrected chi connectivity index (χ2v) is 9.47. The molecule has 1 aliphatic heterocycles. The van der Waals surface area contributed by atoms with E-state index in [4.69, 9.17) is 16.3 Å². The van der Waals surface area contributed by atoms with Crippen LogP contribution in [0.25, 0.3) is 10.6 Å². The Morgan fingerprint density at radius 1 is 1.15 bits per heavy atom. The Hall–Kier alpha value is -2.60. The van der Waals surface area contributed by atoms with Crippen LogP contribution in [0.2, 0.25) is 5.02 Å². The van der Waals surface area contributed by atoms with Crippen LogP contribution >= 0.6 is 34.3 Å². The standard InChI is InChI=1S/C21H23ClN6O3S2/c1-2-31-19(29)3-4-27-5-7-28(8-6-27)18-11-23-15(10-24-18)20(30)26-21-25-16(13-33-21)17-9-14(22)12-32-17/h9-13H,2-8H2,1H3,(H,25,26,30). The average molecular weight is 507 g/mol. The lowest BCUT2D eigenvalue weighted by molar-refractivity contribution is -0.143. The van der Waals surface area contributed by atoms with Gasteiger partial charge in [-0.15, -0.1) is 22.7 Å². The van der Waals surface area contributed by atoms with Crippen LogP contribution in [0.15, 0.2) is 29.2 Å². The topological polar surface area (TPSA) is 101 Å². The summed E-state index contributed by atoms with van der Waals surface area (Å²) in [7, 11) is 0. The van der Waals surface area contributed by atoms with Gasteiger partial charge < -0.3 is 9.64 Å². The number of thiazole rings is 1. The molecule has 1 amide bonds. The SMILES string of the molecule is CCOC(=O)CCN1CCN(c2cnc(C(=O)Nc3nc(-c4cc(Cl)cs4)cs3)cn2)CC1.